The van der Waals surface area contributed by atoms with Gasteiger partial charge in [0.15, 0.2) is 0 Å². The molecule has 1 aromatic rings. The molecule has 2 amide bonds. The Kier molecular flexibility index (Phi) is 8.66. The molecule has 3 rings (SSSR count). The van der Waals surface area contributed by atoms with E-state index in [2.05, 4.69) is 29.4 Å². The van der Waals surface area contributed by atoms with Crippen molar-refractivity contribution in [3.8, 4) is 0 Å². The van der Waals surface area contributed by atoms with Crippen LogP contribution < -0.4 is 10.6 Å². The van der Waals surface area contributed by atoms with Gasteiger partial charge < -0.3 is 15.5 Å². The monoisotopic (exact) mass is 449 g/mol. The van der Waals surface area contributed by atoms with Crippen molar-refractivity contribution in [2.45, 2.75) is 50.8 Å². The first-order valence-corrected chi connectivity index (χ1v) is 12.2. The van der Waals surface area contributed by atoms with Gasteiger partial charge in [-0.2, -0.15) is 0 Å². The van der Waals surface area contributed by atoms with Gasteiger partial charge >= 0.3 is 0 Å². The van der Waals surface area contributed by atoms with Crippen LogP contribution in [0.3, 0.4) is 0 Å². The van der Waals surface area contributed by atoms with Gasteiger partial charge in [-0.3, -0.25) is 9.59 Å². The molecule has 3 atom stereocenters. The molecule has 0 radical (unpaired) electrons. The van der Waals surface area contributed by atoms with Crippen LogP contribution in [-0.2, 0) is 9.59 Å². The van der Waals surface area contributed by atoms with Gasteiger partial charge in [0.1, 0.15) is 0 Å². The van der Waals surface area contributed by atoms with E-state index in [1.807, 2.05) is 30.3 Å². The number of rotatable bonds is 8. The van der Waals surface area contributed by atoms with Crippen LogP contribution in [0.4, 0.5) is 0 Å². The summed E-state index contributed by atoms with van der Waals surface area (Å²) in [6.07, 6.45) is 5.34. The molecule has 1 heterocycles. The first kappa shape index (κ1) is 23.2. The highest BCUT2D eigenvalue weighted by Crippen LogP contribution is 2.40. The zero-order valence-electron chi connectivity index (χ0n) is 17.8. The number of nitrogens with one attached hydrogen (secondary N) is 2. The van der Waals surface area contributed by atoms with Crippen LogP contribution in [0, 0.1) is 5.92 Å². The number of fused-ring (bicyclic) bond motifs is 1. The molecular formula is C23H32ClN3O2S. The van der Waals surface area contributed by atoms with Crippen molar-refractivity contribution in [2.75, 3.05) is 26.2 Å². The Hall–Kier alpha value is -1.50. The maximum Gasteiger partial charge on any atom is 0.257 e. The van der Waals surface area contributed by atoms with Crippen LogP contribution in [0.1, 0.15) is 45.1 Å². The highest BCUT2D eigenvalue weighted by atomic mass is 35.5. The Labute approximate surface area is 189 Å². The number of thioether (sulfide) groups is 1. The molecule has 0 spiro atoms. The summed E-state index contributed by atoms with van der Waals surface area (Å²) >= 11 is 7.86. The van der Waals surface area contributed by atoms with Crippen molar-refractivity contribution >= 4 is 41.3 Å². The third-order valence-corrected chi connectivity index (χ3v) is 7.78. The highest BCUT2D eigenvalue weighted by Gasteiger charge is 2.39. The van der Waals surface area contributed by atoms with Gasteiger partial charge in [0.25, 0.3) is 5.91 Å². The molecule has 1 aromatic carbocycles. The number of benzene rings is 1. The van der Waals surface area contributed by atoms with E-state index in [1.165, 1.54) is 0 Å². The first-order chi connectivity index (χ1) is 14.5. The summed E-state index contributed by atoms with van der Waals surface area (Å²) in [7, 11) is 0. The quantitative estimate of drug-likeness (QED) is 0.466. The number of hydrogen-bond acceptors (Lipinski definition) is 4. The molecule has 5 nitrogen and oxygen atoms in total. The van der Waals surface area contributed by atoms with Crippen LogP contribution in [0.25, 0.3) is 6.08 Å². The molecular weight excluding hydrogens is 418 g/mol. The predicted molar refractivity (Wildman–Crippen MR) is 125 cm³/mol. The summed E-state index contributed by atoms with van der Waals surface area (Å²) in [5.74, 6) is 0.0424. The van der Waals surface area contributed by atoms with Gasteiger partial charge in [-0.15, -0.1) is 11.8 Å². The van der Waals surface area contributed by atoms with E-state index in [9.17, 15) is 9.59 Å². The number of amides is 2. The molecule has 0 bridgehead atoms. The number of halogens is 1. The van der Waals surface area contributed by atoms with Crippen LogP contribution >= 0.6 is 23.4 Å². The molecule has 30 heavy (non-hydrogen) atoms. The smallest absolute Gasteiger partial charge is 0.257 e. The fourth-order valence-corrected chi connectivity index (χ4v) is 5.64. The topological polar surface area (TPSA) is 61.4 Å². The maximum atomic E-state index is 12.6. The molecule has 1 saturated carbocycles. The van der Waals surface area contributed by atoms with Gasteiger partial charge in [0.05, 0.1) is 4.91 Å². The Morgan fingerprint density at radius 1 is 1.30 bits per heavy atom. The minimum Gasteiger partial charge on any atom is -0.356 e. The molecule has 2 fully saturated rings. The number of nitrogens with zero attached hydrogens (tertiary/aromatic N) is 1. The van der Waals surface area contributed by atoms with Crippen molar-refractivity contribution in [1.82, 2.24) is 15.5 Å². The summed E-state index contributed by atoms with van der Waals surface area (Å²) in [5.41, 5.74) is 0.855. The standard InChI is InChI=1S/C23H32ClN3O2S/c1-3-27(4-2)13-7-12-25-22(28)17-10-11-20-19(14-17)26-23(29)21(30-20)15-16-8-5-6-9-18(16)24/h5-6,8-9,15,17,19-20H,3-4,7,10-14H2,1-2H3,(H,25,28)(H,26,29)/b21-15+. The van der Waals surface area contributed by atoms with Crippen LogP contribution in [0.2, 0.25) is 5.02 Å². The molecule has 1 aliphatic heterocycles. The second kappa shape index (κ2) is 11.2. The average molecular weight is 450 g/mol. The Morgan fingerprint density at radius 3 is 2.80 bits per heavy atom. The lowest BCUT2D eigenvalue weighted by atomic mass is 9.84. The van der Waals surface area contributed by atoms with E-state index < -0.39 is 0 Å². The van der Waals surface area contributed by atoms with Crippen molar-refractivity contribution in [2.24, 2.45) is 5.92 Å². The predicted octanol–water partition coefficient (Wildman–Crippen LogP) is 3.93. The van der Waals surface area contributed by atoms with E-state index >= 15 is 0 Å². The SMILES string of the molecule is CCN(CC)CCCNC(=O)C1CCC2S/C(=C/c3ccccc3Cl)C(=O)NC2C1. The van der Waals surface area contributed by atoms with Crippen LogP contribution in [0.15, 0.2) is 29.2 Å². The highest BCUT2D eigenvalue weighted by molar-refractivity contribution is 8.04. The molecule has 164 valence electrons. The Bertz CT molecular complexity index is 781. The van der Waals surface area contributed by atoms with E-state index in [4.69, 9.17) is 11.6 Å². The van der Waals surface area contributed by atoms with Gasteiger partial charge in [0, 0.05) is 28.8 Å². The Morgan fingerprint density at radius 2 is 2.07 bits per heavy atom. The average Bonchev–Trinajstić information content (AvgIpc) is 2.75. The lowest BCUT2D eigenvalue weighted by Crippen LogP contribution is -2.51. The fourth-order valence-electron chi connectivity index (χ4n) is 4.16. The summed E-state index contributed by atoms with van der Waals surface area (Å²) in [6.45, 7) is 8.13. The largest absolute Gasteiger partial charge is 0.356 e. The first-order valence-electron chi connectivity index (χ1n) is 11.0. The van der Waals surface area contributed by atoms with E-state index in [0.29, 0.717) is 28.1 Å². The summed E-state index contributed by atoms with van der Waals surface area (Å²) in [6, 6.07) is 7.58. The van der Waals surface area contributed by atoms with Crippen molar-refractivity contribution in [3.05, 3.63) is 39.8 Å². The normalized spacial score (nSPS) is 25.1. The van der Waals surface area contributed by atoms with Crippen molar-refractivity contribution in [1.29, 1.82) is 0 Å². The Balaban J connectivity index is 1.50. The van der Waals surface area contributed by atoms with Crippen LogP contribution in [0.5, 0.6) is 0 Å². The fraction of sp³-hybridized carbons (Fsp3) is 0.565. The lowest BCUT2D eigenvalue weighted by Gasteiger charge is -2.39. The minimum absolute atomic E-state index is 0.0188. The second-order valence-corrected chi connectivity index (χ2v) is 9.64. The van der Waals surface area contributed by atoms with Gasteiger partial charge in [0.2, 0.25) is 5.91 Å². The summed E-state index contributed by atoms with van der Waals surface area (Å²) in [5, 5.41) is 7.18. The zero-order chi connectivity index (χ0) is 21.5. The molecule has 2 aliphatic rings. The molecule has 7 heteroatoms. The molecule has 1 aliphatic carbocycles. The second-order valence-electron chi connectivity index (χ2n) is 7.95. The lowest BCUT2D eigenvalue weighted by molar-refractivity contribution is -0.127. The summed E-state index contributed by atoms with van der Waals surface area (Å²) < 4.78 is 0. The molecule has 2 N–H and O–H groups in total. The third-order valence-electron chi connectivity index (χ3n) is 6.01. The maximum absolute atomic E-state index is 12.6. The number of hydrogen-bond donors (Lipinski definition) is 2. The van der Waals surface area contributed by atoms with Crippen molar-refractivity contribution < 1.29 is 9.59 Å². The van der Waals surface area contributed by atoms with Crippen LogP contribution in [-0.4, -0.2) is 54.2 Å². The third kappa shape index (κ3) is 6.02. The minimum atomic E-state index is -0.0681. The number of carbonyl (C=O) groups is 2. The molecule has 1 saturated heterocycles. The van der Waals surface area contributed by atoms with Gasteiger partial charge in [-0.1, -0.05) is 43.6 Å². The van der Waals surface area contributed by atoms with Crippen molar-refractivity contribution in [3.63, 3.8) is 0 Å². The van der Waals surface area contributed by atoms with E-state index in [1.54, 1.807) is 11.8 Å². The molecule has 0 aromatic heterocycles. The zero-order valence-corrected chi connectivity index (χ0v) is 19.4. The van der Waals surface area contributed by atoms with E-state index in [-0.39, 0.29) is 23.8 Å². The van der Waals surface area contributed by atoms with Gasteiger partial charge in [-0.25, -0.2) is 0 Å². The number of carbonyl (C=O) groups excluding carboxylic acids is 2. The molecule has 3 unspecified atom stereocenters. The summed E-state index contributed by atoms with van der Waals surface area (Å²) in [4.78, 5) is 28.3. The van der Waals surface area contributed by atoms with Gasteiger partial charge in [-0.05, 0) is 63.0 Å². The van der Waals surface area contributed by atoms with E-state index in [0.717, 1.165) is 44.5 Å².